The highest BCUT2D eigenvalue weighted by molar-refractivity contribution is 9.10. The summed E-state index contributed by atoms with van der Waals surface area (Å²) in [5.74, 6) is 0.486. The number of nitrogens with zero attached hydrogens (tertiary/aromatic N) is 4. The molecule has 0 unspecified atom stereocenters. The van der Waals surface area contributed by atoms with Crippen molar-refractivity contribution >= 4 is 27.1 Å². The van der Waals surface area contributed by atoms with Crippen LogP contribution in [0.25, 0.3) is 11.2 Å². The number of fused-ring (bicyclic) bond motifs is 1. The maximum absolute atomic E-state index is 5.18. The van der Waals surface area contributed by atoms with Gasteiger partial charge in [-0.3, -0.25) is 0 Å². The highest BCUT2D eigenvalue weighted by Gasteiger charge is 2.20. The van der Waals surface area contributed by atoms with Gasteiger partial charge in [-0.25, -0.2) is 9.97 Å². The quantitative estimate of drug-likeness (QED) is 0.755. The van der Waals surface area contributed by atoms with Crippen LogP contribution in [0.3, 0.4) is 0 Å². The van der Waals surface area contributed by atoms with Crippen molar-refractivity contribution in [3.8, 4) is 5.88 Å². The molecule has 0 radical (unpaired) electrons. The Morgan fingerprint density at radius 3 is 2.56 bits per heavy atom. The number of hydrogen-bond donors (Lipinski definition) is 0. The van der Waals surface area contributed by atoms with Crippen molar-refractivity contribution in [3.05, 3.63) is 11.1 Å². The van der Waals surface area contributed by atoms with Crippen LogP contribution in [0.5, 0.6) is 5.88 Å². The van der Waals surface area contributed by atoms with E-state index in [1.807, 2.05) is 4.57 Å². The van der Waals surface area contributed by atoms with E-state index in [1.165, 1.54) is 0 Å². The molecule has 0 N–H and O–H groups in total. The highest BCUT2D eigenvalue weighted by atomic mass is 79.9. The first-order chi connectivity index (χ1) is 7.43. The molecule has 0 amide bonds. The standard InChI is InChI=1S/C10H13BrN4O/c1-10(2,3)15-5-12-6-7(15)13-9(11)14-8(6)16-4/h5H,1-4H3. The molecule has 0 aliphatic heterocycles. The van der Waals surface area contributed by atoms with Gasteiger partial charge in [0.25, 0.3) is 0 Å². The average Bonchev–Trinajstić information content (AvgIpc) is 2.58. The number of ether oxygens (including phenoxy) is 1. The van der Waals surface area contributed by atoms with E-state index in [1.54, 1.807) is 13.4 Å². The van der Waals surface area contributed by atoms with Crippen molar-refractivity contribution in [1.82, 2.24) is 19.5 Å². The third-order valence-corrected chi connectivity index (χ3v) is 2.61. The maximum atomic E-state index is 5.18. The summed E-state index contributed by atoms with van der Waals surface area (Å²) in [6.45, 7) is 6.28. The minimum atomic E-state index is -0.0758. The molecule has 0 atom stereocenters. The van der Waals surface area contributed by atoms with Crippen molar-refractivity contribution in [3.63, 3.8) is 0 Å². The van der Waals surface area contributed by atoms with Gasteiger partial charge < -0.3 is 9.30 Å². The lowest BCUT2D eigenvalue weighted by atomic mass is 10.1. The fourth-order valence-electron chi connectivity index (χ4n) is 1.48. The largest absolute Gasteiger partial charge is 0.479 e. The zero-order chi connectivity index (χ0) is 11.9. The van der Waals surface area contributed by atoms with E-state index in [-0.39, 0.29) is 5.54 Å². The lowest BCUT2D eigenvalue weighted by Gasteiger charge is -2.20. The third kappa shape index (κ3) is 1.77. The van der Waals surface area contributed by atoms with Crippen LogP contribution in [0.4, 0.5) is 0 Å². The molecule has 0 saturated carbocycles. The molecule has 16 heavy (non-hydrogen) atoms. The first-order valence-electron chi connectivity index (χ1n) is 4.88. The van der Waals surface area contributed by atoms with Crippen LogP contribution < -0.4 is 4.74 Å². The van der Waals surface area contributed by atoms with E-state index < -0.39 is 0 Å². The van der Waals surface area contributed by atoms with Gasteiger partial charge in [0.15, 0.2) is 11.2 Å². The van der Waals surface area contributed by atoms with Crippen LogP contribution in [0.2, 0.25) is 0 Å². The Hall–Kier alpha value is -1.17. The Morgan fingerprint density at radius 1 is 1.31 bits per heavy atom. The number of imidazole rings is 1. The van der Waals surface area contributed by atoms with Crippen LogP contribution in [-0.2, 0) is 5.54 Å². The van der Waals surface area contributed by atoms with Gasteiger partial charge in [-0.1, -0.05) is 0 Å². The first-order valence-corrected chi connectivity index (χ1v) is 5.68. The van der Waals surface area contributed by atoms with Gasteiger partial charge in [-0.2, -0.15) is 4.98 Å². The van der Waals surface area contributed by atoms with E-state index >= 15 is 0 Å². The van der Waals surface area contributed by atoms with E-state index in [0.717, 1.165) is 5.65 Å². The number of rotatable bonds is 1. The summed E-state index contributed by atoms with van der Waals surface area (Å²) in [7, 11) is 1.57. The van der Waals surface area contributed by atoms with E-state index in [9.17, 15) is 0 Å². The number of methoxy groups -OCH3 is 1. The van der Waals surface area contributed by atoms with Crippen molar-refractivity contribution in [2.75, 3.05) is 7.11 Å². The Balaban J connectivity index is 2.77. The van der Waals surface area contributed by atoms with E-state index in [2.05, 4.69) is 51.7 Å². The smallest absolute Gasteiger partial charge is 0.246 e. The van der Waals surface area contributed by atoms with Crippen LogP contribution in [-0.4, -0.2) is 26.6 Å². The van der Waals surface area contributed by atoms with Crippen LogP contribution in [0.15, 0.2) is 11.1 Å². The summed E-state index contributed by atoms with van der Waals surface area (Å²) in [5.41, 5.74) is 1.37. The highest BCUT2D eigenvalue weighted by Crippen LogP contribution is 2.26. The van der Waals surface area contributed by atoms with Crippen LogP contribution in [0, 0.1) is 0 Å². The maximum Gasteiger partial charge on any atom is 0.246 e. The Bertz CT molecular complexity index is 529. The number of hydrogen-bond acceptors (Lipinski definition) is 4. The Kier molecular flexibility index (Phi) is 2.61. The lowest BCUT2D eigenvalue weighted by Crippen LogP contribution is -2.21. The zero-order valence-corrected chi connectivity index (χ0v) is 11.2. The van der Waals surface area contributed by atoms with E-state index in [0.29, 0.717) is 16.1 Å². The summed E-state index contributed by atoms with van der Waals surface area (Å²) in [5, 5.41) is 0. The summed E-state index contributed by atoms with van der Waals surface area (Å²) >= 11 is 3.27. The lowest BCUT2D eigenvalue weighted by molar-refractivity contribution is 0.398. The summed E-state index contributed by atoms with van der Waals surface area (Å²) < 4.78 is 7.68. The fraction of sp³-hybridized carbons (Fsp3) is 0.500. The molecular weight excluding hydrogens is 272 g/mol. The zero-order valence-electron chi connectivity index (χ0n) is 9.65. The summed E-state index contributed by atoms with van der Waals surface area (Å²) in [6.07, 6.45) is 1.76. The third-order valence-electron chi connectivity index (χ3n) is 2.25. The van der Waals surface area contributed by atoms with Gasteiger partial charge in [0.2, 0.25) is 10.6 Å². The van der Waals surface area contributed by atoms with Gasteiger partial charge in [0, 0.05) is 5.54 Å². The molecule has 6 heteroatoms. The van der Waals surface area contributed by atoms with E-state index in [4.69, 9.17) is 4.74 Å². The van der Waals surface area contributed by atoms with Crippen molar-refractivity contribution in [1.29, 1.82) is 0 Å². The van der Waals surface area contributed by atoms with Crippen molar-refractivity contribution in [2.24, 2.45) is 0 Å². The van der Waals surface area contributed by atoms with Gasteiger partial charge in [0.05, 0.1) is 13.4 Å². The molecule has 0 aromatic carbocycles. The van der Waals surface area contributed by atoms with Gasteiger partial charge in [-0.15, -0.1) is 0 Å². The monoisotopic (exact) mass is 284 g/mol. The molecule has 0 fully saturated rings. The first kappa shape index (κ1) is 11.3. The number of halogens is 1. The minimum absolute atomic E-state index is 0.0758. The Morgan fingerprint density at radius 2 is 2.00 bits per heavy atom. The van der Waals surface area contributed by atoms with Crippen LogP contribution in [0.1, 0.15) is 20.8 Å². The van der Waals surface area contributed by atoms with Gasteiger partial charge in [0.1, 0.15) is 0 Å². The fourth-order valence-corrected chi connectivity index (χ4v) is 1.81. The topological polar surface area (TPSA) is 52.8 Å². The normalized spacial score (nSPS) is 12.1. The SMILES string of the molecule is COc1nc(Br)nc2c1ncn2C(C)(C)C. The molecule has 0 saturated heterocycles. The predicted molar refractivity (Wildman–Crippen MR) is 64.6 cm³/mol. The predicted octanol–water partition coefficient (Wildman–Crippen LogP) is 2.35. The molecule has 5 nitrogen and oxygen atoms in total. The molecule has 0 aliphatic rings. The van der Waals surface area contributed by atoms with Crippen LogP contribution >= 0.6 is 15.9 Å². The molecule has 0 bridgehead atoms. The molecule has 2 rings (SSSR count). The molecule has 86 valence electrons. The Labute approximate surface area is 102 Å². The molecular formula is C10H13BrN4O. The van der Waals surface area contributed by atoms with Crippen molar-refractivity contribution < 1.29 is 4.74 Å². The van der Waals surface area contributed by atoms with Crippen molar-refractivity contribution in [2.45, 2.75) is 26.3 Å². The molecule has 2 aromatic rings. The summed E-state index contributed by atoms with van der Waals surface area (Å²) in [6, 6.07) is 0. The molecule has 2 aromatic heterocycles. The van der Waals surface area contributed by atoms with Gasteiger partial charge >= 0.3 is 0 Å². The second kappa shape index (κ2) is 3.69. The molecule has 0 spiro atoms. The summed E-state index contributed by atoms with van der Waals surface area (Å²) in [4.78, 5) is 12.7. The second-order valence-corrected chi connectivity index (χ2v) is 5.17. The minimum Gasteiger partial charge on any atom is -0.479 e. The second-order valence-electron chi connectivity index (χ2n) is 4.46. The van der Waals surface area contributed by atoms with Gasteiger partial charge in [-0.05, 0) is 36.7 Å². The average molecular weight is 285 g/mol. The number of aromatic nitrogens is 4. The molecule has 2 heterocycles. The molecule has 0 aliphatic carbocycles.